The fraction of sp³-hybridized carbons (Fsp3) is 0.308. The molecule has 0 bridgehead atoms. The van der Waals surface area contributed by atoms with Crippen LogP contribution in [0.15, 0.2) is 48.5 Å². The van der Waals surface area contributed by atoms with E-state index >= 15 is 0 Å². The number of aromatic nitrogens is 1. The van der Waals surface area contributed by atoms with Crippen LogP contribution in [0.5, 0.6) is 11.5 Å². The molecule has 0 spiro atoms. The average Bonchev–Trinajstić information content (AvgIpc) is 3.56. The van der Waals surface area contributed by atoms with Crippen LogP contribution in [-0.4, -0.2) is 42.4 Å². The molecule has 10 nitrogen and oxygen atoms in total. The molecule has 0 unspecified atom stereocenters. The molecule has 3 amide bonds. The molecule has 1 heterocycles. The Morgan fingerprint density at radius 1 is 1.00 bits per heavy atom. The minimum atomic E-state index is -1.05. The number of methoxy groups -OCH3 is 2. The van der Waals surface area contributed by atoms with Crippen LogP contribution in [0.4, 0.5) is 11.4 Å². The Kier molecular flexibility index (Phi) is 7.92. The van der Waals surface area contributed by atoms with Crippen molar-refractivity contribution >= 4 is 40.6 Å². The standard InChI is InChI=1S/C26H29N5O5S/c1-35-18-11-7-15(8-12-18)22(25(33)29-16-5-3-4-6-16)31(17-9-13-19(36-2)14-10-17)26(34)23-20(27)21(24(28)32)30-37-23/h7-14,16,22H,3-6,27H2,1-2H3,(H2,28,32)(H,29,33)/t22-/m0/s1. The number of hydrogen-bond acceptors (Lipinski definition) is 8. The third-order valence-corrected chi connectivity index (χ3v) is 7.22. The van der Waals surface area contributed by atoms with Gasteiger partial charge in [-0.2, -0.15) is 4.37 Å². The van der Waals surface area contributed by atoms with Gasteiger partial charge in [0.15, 0.2) is 5.69 Å². The lowest BCUT2D eigenvalue weighted by molar-refractivity contribution is -0.123. The molecular weight excluding hydrogens is 494 g/mol. The van der Waals surface area contributed by atoms with E-state index < -0.39 is 17.9 Å². The third-order valence-electron chi connectivity index (χ3n) is 6.36. The van der Waals surface area contributed by atoms with E-state index in [9.17, 15) is 14.4 Å². The van der Waals surface area contributed by atoms with Gasteiger partial charge in [0.2, 0.25) is 5.91 Å². The lowest BCUT2D eigenvalue weighted by Gasteiger charge is -2.32. The van der Waals surface area contributed by atoms with Gasteiger partial charge in [-0.15, -0.1) is 0 Å². The van der Waals surface area contributed by atoms with Gasteiger partial charge in [0.05, 0.1) is 19.9 Å². The Morgan fingerprint density at radius 3 is 2.08 bits per heavy atom. The minimum Gasteiger partial charge on any atom is -0.497 e. The van der Waals surface area contributed by atoms with Gasteiger partial charge in [-0.1, -0.05) is 25.0 Å². The Hall–Kier alpha value is -4.12. The highest BCUT2D eigenvalue weighted by Crippen LogP contribution is 2.35. The first kappa shape index (κ1) is 26.0. The maximum atomic E-state index is 14.1. The highest BCUT2D eigenvalue weighted by Gasteiger charge is 2.37. The first-order valence-electron chi connectivity index (χ1n) is 11.8. The van der Waals surface area contributed by atoms with E-state index in [0.29, 0.717) is 22.7 Å². The second-order valence-electron chi connectivity index (χ2n) is 8.68. The molecular formula is C26H29N5O5S. The van der Waals surface area contributed by atoms with Crippen LogP contribution in [0.3, 0.4) is 0 Å². The van der Waals surface area contributed by atoms with Crippen molar-refractivity contribution in [3.05, 3.63) is 64.7 Å². The number of ether oxygens (including phenoxy) is 2. The highest BCUT2D eigenvalue weighted by molar-refractivity contribution is 7.09. The number of nitrogens with zero attached hydrogens (tertiary/aromatic N) is 2. The van der Waals surface area contributed by atoms with Crippen LogP contribution in [0.2, 0.25) is 0 Å². The number of amides is 3. The smallest absolute Gasteiger partial charge is 0.273 e. The number of anilines is 2. The molecule has 194 valence electrons. The lowest BCUT2D eigenvalue weighted by atomic mass is 10.0. The molecule has 11 heteroatoms. The van der Waals surface area contributed by atoms with E-state index in [4.69, 9.17) is 20.9 Å². The van der Waals surface area contributed by atoms with Crippen molar-refractivity contribution in [2.24, 2.45) is 5.73 Å². The molecule has 1 aliphatic carbocycles. The van der Waals surface area contributed by atoms with Crippen molar-refractivity contribution < 1.29 is 23.9 Å². The van der Waals surface area contributed by atoms with Gasteiger partial charge in [-0.25, -0.2) is 0 Å². The molecule has 0 radical (unpaired) electrons. The van der Waals surface area contributed by atoms with Crippen molar-refractivity contribution in [1.29, 1.82) is 0 Å². The van der Waals surface area contributed by atoms with E-state index in [-0.39, 0.29) is 28.2 Å². The molecule has 0 aliphatic heterocycles. The second-order valence-corrected chi connectivity index (χ2v) is 9.45. The molecule has 1 saturated carbocycles. The van der Waals surface area contributed by atoms with Crippen LogP contribution >= 0.6 is 11.5 Å². The number of nitrogens with two attached hydrogens (primary N) is 2. The number of rotatable bonds is 9. The molecule has 1 aliphatic rings. The summed E-state index contributed by atoms with van der Waals surface area (Å²) >= 11 is 0.763. The van der Waals surface area contributed by atoms with Crippen molar-refractivity contribution in [1.82, 2.24) is 9.69 Å². The zero-order valence-corrected chi connectivity index (χ0v) is 21.4. The zero-order valence-electron chi connectivity index (χ0n) is 20.6. The van der Waals surface area contributed by atoms with Crippen molar-refractivity contribution in [2.45, 2.75) is 37.8 Å². The van der Waals surface area contributed by atoms with Gasteiger partial charge in [0.25, 0.3) is 11.8 Å². The number of primary amides is 1. The van der Waals surface area contributed by atoms with E-state index in [1.807, 2.05) is 0 Å². The highest BCUT2D eigenvalue weighted by atomic mass is 32.1. The van der Waals surface area contributed by atoms with E-state index in [1.165, 1.54) is 12.0 Å². The largest absolute Gasteiger partial charge is 0.497 e. The predicted molar refractivity (Wildman–Crippen MR) is 141 cm³/mol. The Balaban J connectivity index is 1.84. The van der Waals surface area contributed by atoms with Crippen LogP contribution in [0.1, 0.15) is 57.4 Å². The van der Waals surface area contributed by atoms with Crippen molar-refractivity contribution in [2.75, 3.05) is 24.9 Å². The number of hydrogen-bond donors (Lipinski definition) is 3. The molecule has 1 atom stereocenters. The van der Waals surface area contributed by atoms with Crippen LogP contribution in [-0.2, 0) is 4.79 Å². The summed E-state index contributed by atoms with van der Waals surface area (Å²) in [5, 5.41) is 3.12. The van der Waals surface area contributed by atoms with E-state index in [0.717, 1.165) is 37.2 Å². The summed E-state index contributed by atoms with van der Waals surface area (Å²) in [6.45, 7) is 0. The number of carbonyl (C=O) groups excluding carboxylic acids is 3. The maximum Gasteiger partial charge on any atom is 0.273 e. The van der Waals surface area contributed by atoms with Gasteiger partial charge in [-0.05, 0) is 66.3 Å². The van der Waals surface area contributed by atoms with Crippen molar-refractivity contribution in [3.63, 3.8) is 0 Å². The van der Waals surface area contributed by atoms with Crippen LogP contribution in [0.25, 0.3) is 0 Å². The molecule has 4 rings (SSSR count). The Morgan fingerprint density at radius 2 is 1.57 bits per heavy atom. The number of benzene rings is 2. The van der Waals surface area contributed by atoms with Gasteiger partial charge < -0.3 is 26.3 Å². The molecule has 5 N–H and O–H groups in total. The number of nitrogens with one attached hydrogen (secondary N) is 1. The summed E-state index contributed by atoms with van der Waals surface area (Å²) in [6.07, 6.45) is 3.82. The number of carbonyl (C=O) groups is 3. The number of nitrogen functional groups attached to an aromatic ring is 1. The summed E-state index contributed by atoms with van der Waals surface area (Å²) in [5.41, 5.74) is 12.2. The topological polar surface area (TPSA) is 150 Å². The fourth-order valence-corrected chi connectivity index (χ4v) is 5.16. The first-order chi connectivity index (χ1) is 17.8. The fourth-order valence-electron chi connectivity index (χ4n) is 4.42. The Labute approximate surface area is 218 Å². The summed E-state index contributed by atoms with van der Waals surface area (Å²) in [5.74, 6) is -0.566. The SMILES string of the molecule is COc1ccc([C@@H](C(=O)NC2CCCC2)N(C(=O)c2snc(C(N)=O)c2N)c2ccc(OC)cc2)cc1. The summed E-state index contributed by atoms with van der Waals surface area (Å²) < 4.78 is 14.5. The van der Waals surface area contributed by atoms with Gasteiger partial charge in [0.1, 0.15) is 22.4 Å². The average molecular weight is 524 g/mol. The molecule has 3 aromatic rings. The monoisotopic (exact) mass is 523 g/mol. The van der Waals surface area contributed by atoms with E-state index in [1.54, 1.807) is 55.6 Å². The Bertz CT molecular complexity index is 1270. The summed E-state index contributed by atoms with van der Waals surface area (Å²) in [6, 6.07) is 12.7. The predicted octanol–water partition coefficient (Wildman–Crippen LogP) is 3.29. The van der Waals surface area contributed by atoms with Gasteiger partial charge >= 0.3 is 0 Å². The second kappa shape index (κ2) is 11.3. The third kappa shape index (κ3) is 5.51. The minimum absolute atomic E-state index is 0.0109. The van der Waals surface area contributed by atoms with Gasteiger partial charge in [0, 0.05) is 11.7 Å². The summed E-state index contributed by atoms with van der Waals surface area (Å²) in [4.78, 5) is 41.0. The van der Waals surface area contributed by atoms with E-state index in [2.05, 4.69) is 9.69 Å². The molecule has 2 aromatic carbocycles. The lowest BCUT2D eigenvalue weighted by Crippen LogP contribution is -2.46. The normalized spacial score (nSPS) is 14.1. The van der Waals surface area contributed by atoms with Crippen LogP contribution < -0.4 is 31.2 Å². The quantitative estimate of drug-likeness (QED) is 0.389. The molecule has 0 saturated heterocycles. The maximum absolute atomic E-state index is 14.1. The first-order valence-corrected chi connectivity index (χ1v) is 12.6. The molecule has 1 aromatic heterocycles. The van der Waals surface area contributed by atoms with Crippen LogP contribution in [0, 0.1) is 0 Å². The zero-order chi connectivity index (χ0) is 26.5. The summed E-state index contributed by atoms with van der Waals surface area (Å²) in [7, 11) is 3.09. The molecule has 1 fully saturated rings. The molecule has 37 heavy (non-hydrogen) atoms. The van der Waals surface area contributed by atoms with Crippen molar-refractivity contribution in [3.8, 4) is 11.5 Å². The van der Waals surface area contributed by atoms with Gasteiger partial charge in [-0.3, -0.25) is 19.3 Å².